The fourth-order valence-corrected chi connectivity index (χ4v) is 5.02. The van der Waals surface area contributed by atoms with Gasteiger partial charge in [-0.25, -0.2) is 13.4 Å². The highest BCUT2D eigenvalue weighted by molar-refractivity contribution is 7.88. The molecule has 10 heteroatoms. The van der Waals surface area contributed by atoms with Crippen molar-refractivity contribution in [3.05, 3.63) is 42.2 Å². The van der Waals surface area contributed by atoms with Gasteiger partial charge in [0.25, 0.3) is 0 Å². The largest absolute Gasteiger partial charge is 0.368 e. The third-order valence-corrected chi connectivity index (χ3v) is 6.70. The molecule has 2 aliphatic rings. The zero-order valence-corrected chi connectivity index (χ0v) is 16.8. The second-order valence-corrected chi connectivity index (χ2v) is 9.17. The van der Waals surface area contributed by atoms with Crippen molar-refractivity contribution in [3.63, 3.8) is 0 Å². The summed E-state index contributed by atoms with van der Waals surface area (Å²) in [6, 6.07) is 3.05. The summed E-state index contributed by atoms with van der Waals surface area (Å²) in [5.74, 6) is -0.177. The van der Waals surface area contributed by atoms with Crippen LogP contribution in [0.2, 0.25) is 0 Å². The van der Waals surface area contributed by atoms with Crippen molar-refractivity contribution < 1.29 is 13.2 Å². The molecule has 0 aromatic carbocycles. The van der Waals surface area contributed by atoms with E-state index in [4.69, 9.17) is 0 Å². The number of carbonyl (C=O) groups excluding carboxylic acids is 1. The third kappa shape index (κ3) is 3.37. The SMILES string of the molecule is Cn1cnc2c1[C@@H](C(=O)N1CCN(c3ccncc3)CC1)N(S(C)(=O)=O)CC2. The number of fused-ring (bicyclic) bond motifs is 1. The highest BCUT2D eigenvalue weighted by atomic mass is 32.2. The number of anilines is 1. The number of imidazole rings is 1. The minimum atomic E-state index is -3.52. The molecule has 0 bridgehead atoms. The van der Waals surface area contributed by atoms with E-state index >= 15 is 0 Å². The van der Waals surface area contributed by atoms with Crippen molar-refractivity contribution in [2.75, 3.05) is 43.9 Å². The van der Waals surface area contributed by atoms with Crippen molar-refractivity contribution in [3.8, 4) is 0 Å². The molecule has 2 aliphatic heterocycles. The summed E-state index contributed by atoms with van der Waals surface area (Å²) < 4.78 is 27.8. The Morgan fingerprint density at radius 2 is 1.79 bits per heavy atom. The van der Waals surface area contributed by atoms with Crippen molar-refractivity contribution >= 4 is 21.6 Å². The molecule has 0 spiro atoms. The maximum Gasteiger partial charge on any atom is 0.247 e. The second-order valence-electron chi connectivity index (χ2n) is 7.23. The van der Waals surface area contributed by atoms with Gasteiger partial charge in [-0.3, -0.25) is 9.78 Å². The minimum absolute atomic E-state index is 0.177. The first-order valence-electron chi connectivity index (χ1n) is 9.27. The average molecular weight is 404 g/mol. The number of hydrogen-bond acceptors (Lipinski definition) is 6. The molecule has 0 radical (unpaired) electrons. The van der Waals surface area contributed by atoms with E-state index in [9.17, 15) is 13.2 Å². The maximum atomic E-state index is 13.4. The van der Waals surface area contributed by atoms with Crippen molar-refractivity contribution in [2.24, 2.45) is 7.05 Å². The summed E-state index contributed by atoms with van der Waals surface area (Å²) in [4.78, 5) is 25.8. The molecule has 2 aromatic heterocycles. The van der Waals surface area contributed by atoms with E-state index in [1.54, 1.807) is 35.2 Å². The molecule has 1 atom stereocenters. The van der Waals surface area contributed by atoms with Crippen molar-refractivity contribution in [1.82, 2.24) is 23.7 Å². The predicted octanol–water partition coefficient (Wildman–Crippen LogP) is 0.0227. The number of nitrogens with zero attached hydrogens (tertiary/aromatic N) is 6. The van der Waals surface area contributed by atoms with Crippen molar-refractivity contribution in [2.45, 2.75) is 12.5 Å². The summed E-state index contributed by atoms with van der Waals surface area (Å²) >= 11 is 0. The van der Waals surface area contributed by atoms with E-state index in [0.717, 1.165) is 17.6 Å². The van der Waals surface area contributed by atoms with E-state index in [0.29, 0.717) is 38.3 Å². The quantitative estimate of drug-likeness (QED) is 0.716. The molecule has 1 fully saturated rings. The van der Waals surface area contributed by atoms with Crippen LogP contribution in [0, 0.1) is 0 Å². The van der Waals surface area contributed by atoms with Crippen LogP contribution in [0.1, 0.15) is 17.4 Å². The Morgan fingerprint density at radius 3 is 2.43 bits per heavy atom. The second kappa shape index (κ2) is 7.17. The highest BCUT2D eigenvalue weighted by Crippen LogP contribution is 2.32. The molecule has 1 saturated heterocycles. The van der Waals surface area contributed by atoms with Crippen LogP contribution in [-0.2, 0) is 28.3 Å². The number of rotatable bonds is 3. The number of amides is 1. The lowest BCUT2D eigenvalue weighted by atomic mass is 10.0. The number of piperazine rings is 1. The molecule has 28 heavy (non-hydrogen) atoms. The number of carbonyl (C=O) groups is 1. The smallest absolute Gasteiger partial charge is 0.247 e. The number of sulfonamides is 1. The molecule has 2 aromatic rings. The van der Waals surface area contributed by atoms with Gasteiger partial charge in [0.1, 0.15) is 6.04 Å². The van der Waals surface area contributed by atoms with Gasteiger partial charge < -0.3 is 14.4 Å². The Kier molecular flexibility index (Phi) is 4.84. The van der Waals surface area contributed by atoms with Gasteiger partial charge in [0.15, 0.2) is 0 Å². The normalized spacial score (nSPS) is 20.9. The highest BCUT2D eigenvalue weighted by Gasteiger charge is 2.42. The first-order valence-corrected chi connectivity index (χ1v) is 11.1. The van der Waals surface area contributed by atoms with Gasteiger partial charge in [0.05, 0.1) is 24.0 Å². The number of aryl methyl sites for hydroxylation is 1. The van der Waals surface area contributed by atoms with Gasteiger partial charge in [-0.2, -0.15) is 4.31 Å². The molecule has 150 valence electrons. The maximum absolute atomic E-state index is 13.4. The Labute approximate surface area is 164 Å². The van der Waals surface area contributed by atoms with E-state index < -0.39 is 16.1 Å². The van der Waals surface area contributed by atoms with E-state index in [1.807, 2.05) is 12.1 Å². The zero-order valence-electron chi connectivity index (χ0n) is 16.0. The predicted molar refractivity (Wildman–Crippen MR) is 104 cm³/mol. The molecule has 9 nitrogen and oxygen atoms in total. The Balaban J connectivity index is 1.57. The van der Waals surface area contributed by atoms with Crippen LogP contribution in [0.3, 0.4) is 0 Å². The summed E-state index contributed by atoms with van der Waals surface area (Å²) in [6.45, 7) is 2.75. The first kappa shape index (κ1) is 18.9. The van der Waals surface area contributed by atoms with Crippen LogP contribution in [0.25, 0.3) is 0 Å². The summed E-state index contributed by atoms with van der Waals surface area (Å²) in [7, 11) is -1.72. The van der Waals surface area contributed by atoms with E-state index in [-0.39, 0.29) is 12.5 Å². The van der Waals surface area contributed by atoms with Crippen LogP contribution < -0.4 is 4.90 Å². The van der Waals surface area contributed by atoms with Crippen LogP contribution in [0.5, 0.6) is 0 Å². The van der Waals surface area contributed by atoms with Gasteiger partial charge in [0, 0.05) is 64.3 Å². The Bertz CT molecular complexity index is 966. The summed E-state index contributed by atoms with van der Waals surface area (Å²) in [5.41, 5.74) is 2.56. The lowest BCUT2D eigenvalue weighted by Gasteiger charge is -2.40. The average Bonchev–Trinajstić information content (AvgIpc) is 3.08. The molecule has 4 heterocycles. The van der Waals surface area contributed by atoms with Gasteiger partial charge in [-0.05, 0) is 12.1 Å². The summed E-state index contributed by atoms with van der Waals surface area (Å²) in [6.07, 6.45) is 6.84. The minimum Gasteiger partial charge on any atom is -0.368 e. The standard InChI is InChI=1S/C18H24N6O3S/c1-21-13-20-15-5-8-24(28(2,26)27)17(16(15)21)18(25)23-11-9-22(10-12-23)14-3-6-19-7-4-14/h3-4,6-7,13,17H,5,8-12H2,1-2H3/t17-/m0/s1. The van der Waals surface area contributed by atoms with Gasteiger partial charge in [0.2, 0.25) is 15.9 Å². The lowest BCUT2D eigenvalue weighted by Crippen LogP contribution is -2.54. The van der Waals surface area contributed by atoms with Gasteiger partial charge >= 0.3 is 0 Å². The zero-order chi connectivity index (χ0) is 19.9. The first-order chi connectivity index (χ1) is 13.4. The van der Waals surface area contributed by atoms with Crippen LogP contribution in [0.4, 0.5) is 5.69 Å². The van der Waals surface area contributed by atoms with Gasteiger partial charge in [-0.1, -0.05) is 0 Å². The third-order valence-electron chi connectivity index (χ3n) is 5.46. The van der Waals surface area contributed by atoms with Gasteiger partial charge in [-0.15, -0.1) is 0 Å². The molecule has 1 amide bonds. The lowest BCUT2D eigenvalue weighted by molar-refractivity contribution is -0.136. The molecular weight excluding hydrogens is 380 g/mol. The fourth-order valence-electron chi connectivity index (χ4n) is 4.02. The Morgan fingerprint density at radius 1 is 1.11 bits per heavy atom. The van der Waals surface area contributed by atoms with Crippen LogP contribution >= 0.6 is 0 Å². The summed E-state index contributed by atoms with van der Waals surface area (Å²) in [5, 5.41) is 0. The van der Waals surface area contributed by atoms with Crippen LogP contribution in [-0.4, -0.2) is 77.0 Å². The monoisotopic (exact) mass is 404 g/mol. The van der Waals surface area contributed by atoms with E-state index in [1.165, 1.54) is 4.31 Å². The topological polar surface area (TPSA) is 91.6 Å². The molecule has 0 unspecified atom stereocenters. The molecule has 0 N–H and O–H groups in total. The number of hydrogen-bond donors (Lipinski definition) is 0. The Hall–Kier alpha value is -2.46. The molecule has 4 rings (SSSR count). The van der Waals surface area contributed by atoms with Crippen LogP contribution in [0.15, 0.2) is 30.9 Å². The molecular formula is C18H24N6O3S. The number of aromatic nitrogens is 3. The molecule has 0 aliphatic carbocycles. The number of pyridine rings is 1. The molecule has 0 saturated carbocycles. The fraction of sp³-hybridized carbons (Fsp3) is 0.500. The van der Waals surface area contributed by atoms with Crippen molar-refractivity contribution in [1.29, 1.82) is 0 Å². The van der Waals surface area contributed by atoms with E-state index in [2.05, 4.69) is 14.9 Å².